The fourth-order valence-electron chi connectivity index (χ4n) is 1.69. The van der Waals surface area contributed by atoms with Crippen molar-refractivity contribution in [1.82, 2.24) is 10.2 Å². The van der Waals surface area contributed by atoms with E-state index in [1.807, 2.05) is 13.8 Å². The predicted octanol–water partition coefficient (Wildman–Crippen LogP) is -0.0291. The van der Waals surface area contributed by atoms with Crippen LogP contribution in [0, 0.1) is 5.92 Å². The molecule has 1 atom stereocenters. The van der Waals surface area contributed by atoms with Crippen molar-refractivity contribution < 1.29 is 14.3 Å². The van der Waals surface area contributed by atoms with Crippen LogP contribution < -0.4 is 11.1 Å². The monoisotopic (exact) mass is 273 g/mol. The molecule has 0 saturated carbocycles. The van der Waals surface area contributed by atoms with Gasteiger partial charge in [-0.1, -0.05) is 13.8 Å². The maximum absolute atomic E-state index is 11.9. The van der Waals surface area contributed by atoms with Crippen molar-refractivity contribution in [3.8, 4) is 0 Å². The molecule has 0 rings (SSSR count). The SMILES string of the molecule is COCCCNC(=O)CN(C)C(=O)[C@H](N)CC(C)C. The zero-order valence-electron chi connectivity index (χ0n) is 12.4. The molecule has 0 radical (unpaired) electrons. The van der Waals surface area contributed by atoms with Crippen LogP contribution in [0.2, 0.25) is 0 Å². The lowest BCUT2D eigenvalue weighted by Crippen LogP contribution is -2.46. The Balaban J connectivity index is 3.97. The van der Waals surface area contributed by atoms with Crippen molar-refractivity contribution in [2.45, 2.75) is 32.7 Å². The standard InChI is InChI=1S/C13H27N3O3/c1-10(2)8-11(14)13(18)16(3)9-12(17)15-6-5-7-19-4/h10-11H,5-9,14H2,1-4H3,(H,15,17)/t11-/m1/s1. The number of carbonyl (C=O) groups is 2. The average Bonchev–Trinajstić information content (AvgIpc) is 2.32. The van der Waals surface area contributed by atoms with E-state index in [0.717, 1.165) is 6.42 Å². The average molecular weight is 273 g/mol. The van der Waals surface area contributed by atoms with Gasteiger partial charge in [-0.15, -0.1) is 0 Å². The second-order valence-corrected chi connectivity index (χ2v) is 5.13. The lowest BCUT2D eigenvalue weighted by molar-refractivity contribution is -0.136. The van der Waals surface area contributed by atoms with Crippen molar-refractivity contribution >= 4 is 11.8 Å². The number of carbonyl (C=O) groups excluding carboxylic acids is 2. The topological polar surface area (TPSA) is 84.7 Å². The highest BCUT2D eigenvalue weighted by Gasteiger charge is 2.20. The summed E-state index contributed by atoms with van der Waals surface area (Å²) in [5.41, 5.74) is 5.80. The number of nitrogens with zero attached hydrogens (tertiary/aromatic N) is 1. The summed E-state index contributed by atoms with van der Waals surface area (Å²) in [5.74, 6) is -0.0142. The van der Waals surface area contributed by atoms with Crippen molar-refractivity contribution in [3.05, 3.63) is 0 Å². The van der Waals surface area contributed by atoms with E-state index in [0.29, 0.717) is 25.5 Å². The lowest BCUT2D eigenvalue weighted by Gasteiger charge is -2.21. The van der Waals surface area contributed by atoms with Crippen LogP contribution in [-0.4, -0.2) is 56.6 Å². The first-order valence-electron chi connectivity index (χ1n) is 6.64. The van der Waals surface area contributed by atoms with Crippen LogP contribution in [0.25, 0.3) is 0 Å². The van der Waals surface area contributed by atoms with Crippen LogP contribution in [0.4, 0.5) is 0 Å². The van der Waals surface area contributed by atoms with Gasteiger partial charge in [0.25, 0.3) is 0 Å². The number of methoxy groups -OCH3 is 1. The number of nitrogens with two attached hydrogens (primary N) is 1. The minimum absolute atomic E-state index is 0.0393. The fraction of sp³-hybridized carbons (Fsp3) is 0.846. The first-order chi connectivity index (χ1) is 8.88. The van der Waals surface area contributed by atoms with Gasteiger partial charge in [-0.3, -0.25) is 9.59 Å². The summed E-state index contributed by atoms with van der Waals surface area (Å²) in [5, 5.41) is 2.73. The minimum Gasteiger partial charge on any atom is -0.385 e. The van der Waals surface area contributed by atoms with E-state index < -0.39 is 6.04 Å². The van der Waals surface area contributed by atoms with E-state index in [9.17, 15) is 9.59 Å². The quantitative estimate of drug-likeness (QED) is 0.578. The summed E-state index contributed by atoms with van der Waals surface area (Å²) in [4.78, 5) is 24.8. The molecule has 0 bridgehead atoms. The molecule has 0 unspecified atom stereocenters. The molecule has 19 heavy (non-hydrogen) atoms. The summed E-state index contributed by atoms with van der Waals surface area (Å²) >= 11 is 0. The van der Waals surface area contributed by atoms with Crippen LogP contribution >= 0.6 is 0 Å². The Morgan fingerprint density at radius 3 is 2.53 bits per heavy atom. The number of hydrogen-bond acceptors (Lipinski definition) is 4. The molecule has 0 aromatic rings. The van der Waals surface area contributed by atoms with Crippen LogP contribution in [0.15, 0.2) is 0 Å². The van der Waals surface area contributed by atoms with Gasteiger partial charge in [-0.25, -0.2) is 0 Å². The highest BCUT2D eigenvalue weighted by atomic mass is 16.5. The fourth-order valence-corrected chi connectivity index (χ4v) is 1.69. The zero-order chi connectivity index (χ0) is 14.8. The largest absolute Gasteiger partial charge is 0.385 e. The number of nitrogens with one attached hydrogen (secondary N) is 1. The minimum atomic E-state index is -0.536. The van der Waals surface area contributed by atoms with Crippen molar-refractivity contribution in [2.75, 3.05) is 33.9 Å². The molecule has 0 saturated heterocycles. The molecule has 3 N–H and O–H groups in total. The normalized spacial score (nSPS) is 12.3. The molecule has 0 aromatic carbocycles. The Morgan fingerprint density at radius 2 is 2.00 bits per heavy atom. The second-order valence-electron chi connectivity index (χ2n) is 5.13. The van der Waals surface area contributed by atoms with Gasteiger partial charge in [0.15, 0.2) is 0 Å². The van der Waals surface area contributed by atoms with Crippen molar-refractivity contribution in [3.63, 3.8) is 0 Å². The van der Waals surface area contributed by atoms with Crippen LogP contribution in [-0.2, 0) is 14.3 Å². The van der Waals surface area contributed by atoms with Crippen LogP contribution in [0.3, 0.4) is 0 Å². The molecule has 6 heteroatoms. The molecule has 0 aromatic heterocycles. The summed E-state index contributed by atoms with van der Waals surface area (Å²) < 4.78 is 4.88. The van der Waals surface area contributed by atoms with E-state index in [2.05, 4.69) is 5.32 Å². The van der Waals surface area contributed by atoms with Gasteiger partial charge in [-0.05, 0) is 18.8 Å². The molecular formula is C13H27N3O3. The Bertz CT molecular complexity index is 282. The molecule has 0 aliphatic heterocycles. The molecule has 0 heterocycles. The summed E-state index contributed by atoms with van der Waals surface area (Å²) in [6, 6.07) is -0.536. The highest BCUT2D eigenvalue weighted by molar-refractivity contribution is 5.87. The van der Waals surface area contributed by atoms with Gasteiger partial charge < -0.3 is 20.7 Å². The Morgan fingerprint density at radius 1 is 1.37 bits per heavy atom. The van der Waals surface area contributed by atoms with Crippen molar-refractivity contribution in [2.24, 2.45) is 11.7 Å². The van der Waals surface area contributed by atoms with E-state index in [4.69, 9.17) is 10.5 Å². The molecule has 112 valence electrons. The number of amides is 2. The Hall–Kier alpha value is -1.14. The smallest absolute Gasteiger partial charge is 0.239 e. The number of ether oxygens (including phenoxy) is 1. The molecule has 0 aliphatic rings. The third-order valence-corrected chi connectivity index (χ3v) is 2.65. The Kier molecular flexibility index (Phi) is 9.16. The van der Waals surface area contributed by atoms with E-state index >= 15 is 0 Å². The summed E-state index contributed by atoms with van der Waals surface area (Å²) in [6.45, 7) is 5.21. The van der Waals surface area contributed by atoms with Gasteiger partial charge >= 0.3 is 0 Å². The molecular weight excluding hydrogens is 246 g/mol. The van der Waals surface area contributed by atoms with Crippen LogP contribution in [0.1, 0.15) is 26.7 Å². The first-order valence-corrected chi connectivity index (χ1v) is 6.64. The molecule has 2 amide bonds. The van der Waals surface area contributed by atoms with Gasteiger partial charge in [0.2, 0.25) is 11.8 Å². The highest BCUT2D eigenvalue weighted by Crippen LogP contribution is 2.04. The summed E-state index contributed by atoms with van der Waals surface area (Å²) in [6.07, 6.45) is 1.38. The van der Waals surface area contributed by atoms with E-state index in [-0.39, 0.29) is 18.4 Å². The number of likely N-dealkylation sites (N-methyl/N-ethyl adjacent to an activating group) is 1. The zero-order valence-corrected chi connectivity index (χ0v) is 12.4. The maximum atomic E-state index is 11.9. The van der Waals surface area contributed by atoms with Gasteiger partial charge in [0.1, 0.15) is 0 Å². The molecule has 6 nitrogen and oxygen atoms in total. The van der Waals surface area contributed by atoms with Gasteiger partial charge in [-0.2, -0.15) is 0 Å². The molecule has 0 aliphatic carbocycles. The van der Waals surface area contributed by atoms with Crippen molar-refractivity contribution in [1.29, 1.82) is 0 Å². The third-order valence-electron chi connectivity index (χ3n) is 2.65. The lowest BCUT2D eigenvalue weighted by atomic mass is 10.0. The number of hydrogen-bond donors (Lipinski definition) is 2. The predicted molar refractivity (Wildman–Crippen MR) is 74.6 cm³/mol. The number of rotatable bonds is 9. The van der Waals surface area contributed by atoms with Gasteiger partial charge in [0, 0.05) is 27.3 Å². The molecule has 0 spiro atoms. The van der Waals surface area contributed by atoms with Gasteiger partial charge in [0.05, 0.1) is 12.6 Å². The van der Waals surface area contributed by atoms with E-state index in [1.165, 1.54) is 4.90 Å². The maximum Gasteiger partial charge on any atom is 0.239 e. The van der Waals surface area contributed by atoms with E-state index in [1.54, 1.807) is 14.2 Å². The first kappa shape index (κ1) is 17.9. The molecule has 0 fully saturated rings. The summed E-state index contributed by atoms with van der Waals surface area (Å²) in [7, 11) is 3.21. The van der Waals surface area contributed by atoms with Crippen LogP contribution in [0.5, 0.6) is 0 Å². The third kappa shape index (κ3) is 8.56. The second kappa shape index (κ2) is 9.75. The Labute approximate surface area is 115 Å².